The number of aromatic nitrogens is 2. The van der Waals surface area contributed by atoms with Gasteiger partial charge in [-0.05, 0) is 0 Å². The second kappa shape index (κ2) is 3.84. The minimum Gasteiger partial charge on any atom is -0.477 e. The van der Waals surface area contributed by atoms with Crippen LogP contribution in [-0.2, 0) is 7.05 Å². The Hall–Kier alpha value is -1.46. The highest BCUT2D eigenvalue weighted by molar-refractivity contribution is 5.06. The zero-order valence-corrected chi connectivity index (χ0v) is 8.82. The van der Waals surface area contributed by atoms with Gasteiger partial charge in [-0.3, -0.25) is 4.79 Å². The Morgan fingerprint density at radius 1 is 1.62 bits per heavy atom. The number of aryl methyl sites for hydroxylation is 1. The summed E-state index contributed by atoms with van der Waals surface area (Å²) in [4.78, 5) is 15.1. The standard InChI is InChI=1S/C10H12F2N2O2/c1-14-6-13-8(2-9(14)15)16-5-7-3-10(11,12)4-7/h2,6-7H,3-5H2,1H3. The summed E-state index contributed by atoms with van der Waals surface area (Å²) >= 11 is 0. The molecule has 0 atom stereocenters. The number of halogens is 2. The van der Waals surface area contributed by atoms with Crippen LogP contribution in [0.1, 0.15) is 12.8 Å². The van der Waals surface area contributed by atoms with Gasteiger partial charge in [0.2, 0.25) is 11.8 Å². The molecule has 0 radical (unpaired) electrons. The highest BCUT2D eigenvalue weighted by Gasteiger charge is 2.45. The van der Waals surface area contributed by atoms with E-state index < -0.39 is 5.92 Å². The predicted octanol–water partition coefficient (Wildman–Crippen LogP) is 1.20. The minimum absolute atomic E-state index is 0.138. The summed E-state index contributed by atoms with van der Waals surface area (Å²) in [6.45, 7) is 0.190. The van der Waals surface area contributed by atoms with Crippen LogP contribution in [-0.4, -0.2) is 22.1 Å². The molecule has 0 saturated heterocycles. The number of rotatable bonds is 3. The van der Waals surface area contributed by atoms with Gasteiger partial charge in [0.15, 0.2) is 0 Å². The number of hydrogen-bond acceptors (Lipinski definition) is 3. The van der Waals surface area contributed by atoms with Crippen LogP contribution < -0.4 is 10.3 Å². The summed E-state index contributed by atoms with van der Waals surface area (Å²) in [5.41, 5.74) is -0.232. The van der Waals surface area contributed by atoms with Crippen molar-refractivity contribution in [1.82, 2.24) is 9.55 Å². The largest absolute Gasteiger partial charge is 0.477 e. The smallest absolute Gasteiger partial charge is 0.256 e. The van der Waals surface area contributed by atoms with Crippen molar-refractivity contribution in [2.45, 2.75) is 18.8 Å². The molecule has 88 valence electrons. The fourth-order valence-corrected chi connectivity index (χ4v) is 1.63. The van der Waals surface area contributed by atoms with Crippen molar-refractivity contribution in [3.63, 3.8) is 0 Å². The van der Waals surface area contributed by atoms with Crippen molar-refractivity contribution < 1.29 is 13.5 Å². The van der Waals surface area contributed by atoms with E-state index in [1.165, 1.54) is 17.0 Å². The Bertz CT molecular complexity index is 437. The molecule has 0 spiro atoms. The van der Waals surface area contributed by atoms with Crippen LogP contribution in [0, 0.1) is 5.92 Å². The quantitative estimate of drug-likeness (QED) is 0.783. The van der Waals surface area contributed by atoms with Gasteiger partial charge >= 0.3 is 0 Å². The van der Waals surface area contributed by atoms with Gasteiger partial charge in [-0.15, -0.1) is 0 Å². The molecule has 0 unspecified atom stereocenters. The second-order valence-electron chi connectivity index (χ2n) is 4.12. The predicted molar refractivity (Wildman–Crippen MR) is 52.6 cm³/mol. The van der Waals surface area contributed by atoms with Crippen LogP contribution in [0.2, 0.25) is 0 Å². The molecular weight excluding hydrogens is 218 g/mol. The molecule has 4 nitrogen and oxygen atoms in total. The lowest BCUT2D eigenvalue weighted by Gasteiger charge is -2.34. The van der Waals surface area contributed by atoms with Crippen LogP contribution in [0.15, 0.2) is 17.2 Å². The van der Waals surface area contributed by atoms with E-state index in [0.717, 1.165) is 0 Å². The Kier molecular flexibility index (Phi) is 2.65. The molecule has 1 fully saturated rings. The van der Waals surface area contributed by atoms with Gasteiger partial charge in [0.25, 0.3) is 5.56 Å². The summed E-state index contributed by atoms with van der Waals surface area (Å²) < 4.78 is 31.5. The molecule has 0 bridgehead atoms. The van der Waals surface area contributed by atoms with Crippen LogP contribution in [0.4, 0.5) is 8.78 Å². The van der Waals surface area contributed by atoms with Crippen LogP contribution in [0.25, 0.3) is 0 Å². The van der Waals surface area contributed by atoms with Crippen molar-refractivity contribution in [2.24, 2.45) is 13.0 Å². The third-order valence-electron chi connectivity index (χ3n) is 2.59. The monoisotopic (exact) mass is 230 g/mol. The van der Waals surface area contributed by atoms with Gasteiger partial charge < -0.3 is 9.30 Å². The molecule has 1 heterocycles. The average Bonchev–Trinajstić information content (AvgIpc) is 2.16. The molecule has 0 N–H and O–H groups in total. The third-order valence-corrected chi connectivity index (χ3v) is 2.59. The molecule has 2 rings (SSSR count). The highest BCUT2D eigenvalue weighted by atomic mass is 19.3. The van der Waals surface area contributed by atoms with Gasteiger partial charge in [0.1, 0.15) is 6.33 Å². The lowest BCUT2D eigenvalue weighted by atomic mass is 9.82. The van der Waals surface area contributed by atoms with Crippen molar-refractivity contribution >= 4 is 0 Å². The molecule has 16 heavy (non-hydrogen) atoms. The highest BCUT2D eigenvalue weighted by Crippen LogP contribution is 2.42. The fraction of sp³-hybridized carbons (Fsp3) is 0.600. The summed E-state index contributed by atoms with van der Waals surface area (Å²) in [6, 6.07) is 1.25. The van der Waals surface area contributed by atoms with E-state index in [1.54, 1.807) is 7.05 Å². The van der Waals surface area contributed by atoms with Crippen molar-refractivity contribution in [1.29, 1.82) is 0 Å². The van der Waals surface area contributed by atoms with Crippen LogP contribution in [0.5, 0.6) is 5.88 Å². The lowest BCUT2D eigenvalue weighted by Crippen LogP contribution is -2.38. The summed E-state index contributed by atoms with van der Waals surface area (Å²) in [5.74, 6) is -2.48. The van der Waals surface area contributed by atoms with E-state index in [-0.39, 0.29) is 36.8 Å². The zero-order chi connectivity index (χ0) is 11.8. The number of hydrogen-bond donors (Lipinski definition) is 0. The van der Waals surface area contributed by atoms with Crippen LogP contribution in [0.3, 0.4) is 0 Å². The van der Waals surface area contributed by atoms with Crippen LogP contribution >= 0.6 is 0 Å². The van der Waals surface area contributed by atoms with Gasteiger partial charge in [0.05, 0.1) is 12.7 Å². The summed E-state index contributed by atoms with van der Waals surface area (Å²) in [7, 11) is 1.57. The normalized spacial score (nSPS) is 19.2. The molecule has 1 aliphatic rings. The average molecular weight is 230 g/mol. The molecule has 1 aromatic heterocycles. The first-order valence-electron chi connectivity index (χ1n) is 4.99. The molecule has 1 aliphatic carbocycles. The zero-order valence-electron chi connectivity index (χ0n) is 8.82. The van der Waals surface area contributed by atoms with Gasteiger partial charge in [-0.25, -0.2) is 13.8 Å². The van der Waals surface area contributed by atoms with E-state index >= 15 is 0 Å². The second-order valence-corrected chi connectivity index (χ2v) is 4.12. The molecule has 0 aliphatic heterocycles. The molecule has 1 saturated carbocycles. The first kappa shape index (κ1) is 11.0. The van der Waals surface area contributed by atoms with Gasteiger partial charge in [-0.2, -0.15) is 0 Å². The number of ether oxygens (including phenoxy) is 1. The summed E-state index contributed by atoms with van der Waals surface area (Å²) in [6.07, 6.45) is 1.06. The van der Waals surface area contributed by atoms with Crippen molar-refractivity contribution in [2.75, 3.05) is 6.61 Å². The van der Waals surface area contributed by atoms with Gasteiger partial charge in [-0.1, -0.05) is 0 Å². The Morgan fingerprint density at radius 2 is 2.31 bits per heavy atom. The van der Waals surface area contributed by atoms with E-state index in [9.17, 15) is 13.6 Å². The maximum Gasteiger partial charge on any atom is 0.256 e. The maximum absolute atomic E-state index is 12.5. The molecule has 0 amide bonds. The van der Waals surface area contributed by atoms with E-state index in [1.807, 2.05) is 0 Å². The minimum atomic E-state index is -2.53. The first-order valence-corrected chi connectivity index (χ1v) is 4.99. The topological polar surface area (TPSA) is 44.1 Å². The molecule has 1 aromatic rings. The molecule has 0 aromatic carbocycles. The van der Waals surface area contributed by atoms with Gasteiger partial charge in [0, 0.05) is 25.8 Å². The van der Waals surface area contributed by atoms with Crippen molar-refractivity contribution in [3.05, 3.63) is 22.7 Å². The molecular formula is C10H12F2N2O2. The Labute approximate surface area is 90.9 Å². The maximum atomic E-state index is 12.5. The molecule has 6 heteroatoms. The SMILES string of the molecule is Cn1cnc(OCC2CC(F)(F)C2)cc1=O. The number of nitrogens with zero attached hydrogens (tertiary/aromatic N) is 2. The Balaban J connectivity index is 1.87. The third kappa shape index (κ3) is 2.37. The number of alkyl halides is 2. The Morgan fingerprint density at radius 3 is 2.88 bits per heavy atom. The first-order chi connectivity index (χ1) is 7.46. The van der Waals surface area contributed by atoms with E-state index in [2.05, 4.69) is 4.98 Å². The van der Waals surface area contributed by atoms with E-state index in [0.29, 0.717) is 0 Å². The summed E-state index contributed by atoms with van der Waals surface area (Å²) in [5, 5.41) is 0. The van der Waals surface area contributed by atoms with E-state index in [4.69, 9.17) is 4.74 Å². The fourth-order valence-electron chi connectivity index (χ4n) is 1.63. The van der Waals surface area contributed by atoms with Crippen molar-refractivity contribution in [3.8, 4) is 5.88 Å². The lowest BCUT2D eigenvalue weighted by molar-refractivity contribution is -0.119.